The van der Waals surface area contributed by atoms with Crippen LogP contribution in [-0.2, 0) is 16.0 Å². The minimum absolute atomic E-state index is 0.0278. The molecule has 11 nitrogen and oxygen atoms in total. The molecule has 0 heterocycles. The number of carbonyl (C=O) groups is 4. The number of hydrazone groups is 1. The number of carboxylic acids is 1. The van der Waals surface area contributed by atoms with E-state index in [9.17, 15) is 24.3 Å². The molecule has 0 aromatic heterocycles. The van der Waals surface area contributed by atoms with Crippen molar-refractivity contribution in [3.05, 3.63) is 65.2 Å². The van der Waals surface area contributed by atoms with Crippen LogP contribution in [0.15, 0.2) is 53.6 Å². The highest BCUT2D eigenvalue weighted by Gasteiger charge is 2.21. The molecule has 0 saturated heterocycles. The van der Waals surface area contributed by atoms with E-state index in [4.69, 9.17) is 10.6 Å². The third-order valence-corrected chi connectivity index (χ3v) is 4.24. The summed E-state index contributed by atoms with van der Waals surface area (Å²) >= 11 is 0. The fourth-order valence-corrected chi connectivity index (χ4v) is 2.73. The molecule has 174 valence electrons. The minimum atomic E-state index is -1.20. The first-order valence-corrected chi connectivity index (χ1v) is 9.92. The Morgan fingerprint density at radius 2 is 1.70 bits per heavy atom. The lowest BCUT2D eigenvalue weighted by molar-refractivity contribution is -0.139. The molecular weight excluding hydrogens is 430 g/mol. The predicted octanol–water partition coefficient (Wildman–Crippen LogP) is 1.70. The molecule has 2 rings (SSSR count). The lowest BCUT2D eigenvalue weighted by Gasteiger charge is -2.16. The summed E-state index contributed by atoms with van der Waals surface area (Å²) in [5, 5.41) is 19.9. The molecule has 0 spiro atoms. The van der Waals surface area contributed by atoms with Crippen molar-refractivity contribution in [2.24, 2.45) is 10.9 Å². The number of nitrogens with one attached hydrogen (secondary N) is 3. The number of carboxylic acid groups (broad SMARTS) is 1. The van der Waals surface area contributed by atoms with Crippen molar-refractivity contribution in [3.63, 3.8) is 0 Å². The van der Waals surface area contributed by atoms with Gasteiger partial charge in [-0.25, -0.2) is 9.59 Å². The standard InChI is InChI=1S/C22H25N5O6/c1-13(2)33-22(32)27-18(21(30)31)10-14-6-8-17(9-7-14)26-20(29)16-5-3-4-15(11-16)19(28)24-12-25-23/h3-9,11-13,18H,10,23H2,1-2H3,(H,26,29)(H,27,32)(H,30,31)(H,24,25,28)/t18-/m0/s1. The highest BCUT2D eigenvalue weighted by atomic mass is 16.6. The topological polar surface area (TPSA) is 172 Å². The van der Waals surface area contributed by atoms with Crippen LogP contribution in [-0.4, -0.2) is 47.5 Å². The number of hydrogen-bond acceptors (Lipinski definition) is 7. The van der Waals surface area contributed by atoms with Crippen LogP contribution >= 0.6 is 0 Å². The van der Waals surface area contributed by atoms with Gasteiger partial charge in [-0.15, -0.1) is 0 Å². The lowest BCUT2D eigenvalue weighted by atomic mass is 10.1. The Morgan fingerprint density at radius 3 is 2.27 bits per heavy atom. The van der Waals surface area contributed by atoms with E-state index in [0.29, 0.717) is 11.3 Å². The van der Waals surface area contributed by atoms with Gasteiger partial charge in [0.2, 0.25) is 0 Å². The van der Waals surface area contributed by atoms with E-state index < -0.39 is 29.9 Å². The molecule has 0 unspecified atom stereocenters. The van der Waals surface area contributed by atoms with Gasteiger partial charge in [-0.2, -0.15) is 5.10 Å². The molecule has 1 atom stereocenters. The number of nitrogens with zero attached hydrogens (tertiary/aromatic N) is 1. The number of aliphatic carboxylic acids is 1. The molecule has 3 amide bonds. The maximum absolute atomic E-state index is 12.5. The second kappa shape index (κ2) is 11.8. The Morgan fingerprint density at radius 1 is 1.06 bits per heavy atom. The largest absolute Gasteiger partial charge is 0.480 e. The molecule has 11 heteroatoms. The maximum Gasteiger partial charge on any atom is 0.408 e. The third-order valence-electron chi connectivity index (χ3n) is 4.24. The molecule has 33 heavy (non-hydrogen) atoms. The zero-order valence-corrected chi connectivity index (χ0v) is 18.1. The number of nitrogens with two attached hydrogens (primary N) is 1. The van der Waals surface area contributed by atoms with Crippen molar-refractivity contribution in [3.8, 4) is 0 Å². The number of anilines is 1. The number of hydrogen-bond donors (Lipinski definition) is 5. The summed E-state index contributed by atoms with van der Waals surface area (Å²) in [6, 6.07) is 11.4. The Balaban J connectivity index is 2.02. The van der Waals surface area contributed by atoms with Crippen LogP contribution in [0.25, 0.3) is 0 Å². The van der Waals surface area contributed by atoms with Gasteiger partial charge in [-0.1, -0.05) is 18.2 Å². The summed E-state index contributed by atoms with van der Waals surface area (Å²) in [5.41, 5.74) is 1.61. The fraction of sp³-hybridized carbons (Fsp3) is 0.227. The molecule has 2 aromatic carbocycles. The maximum atomic E-state index is 12.5. The van der Waals surface area contributed by atoms with Gasteiger partial charge in [0.1, 0.15) is 12.4 Å². The van der Waals surface area contributed by atoms with Gasteiger partial charge in [-0.3, -0.25) is 9.59 Å². The highest BCUT2D eigenvalue weighted by Crippen LogP contribution is 2.14. The molecule has 0 aliphatic rings. The van der Waals surface area contributed by atoms with Crippen LogP contribution in [0.4, 0.5) is 10.5 Å². The van der Waals surface area contributed by atoms with Crippen LogP contribution in [0.5, 0.6) is 0 Å². The molecule has 0 aliphatic heterocycles. The van der Waals surface area contributed by atoms with Crippen LogP contribution in [0.3, 0.4) is 0 Å². The van der Waals surface area contributed by atoms with Gasteiger partial charge in [0, 0.05) is 23.2 Å². The van der Waals surface area contributed by atoms with Crippen LogP contribution in [0.2, 0.25) is 0 Å². The van der Waals surface area contributed by atoms with Crippen LogP contribution < -0.4 is 21.8 Å². The Hall–Kier alpha value is -4.41. The lowest BCUT2D eigenvalue weighted by Crippen LogP contribution is -2.43. The second-order valence-corrected chi connectivity index (χ2v) is 7.18. The van der Waals surface area contributed by atoms with E-state index in [1.165, 1.54) is 12.1 Å². The molecule has 0 bridgehead atoms. The van der Waals surface area contributed by atoms with Crippen molar-refractivity contribution in [1.82, 2.24) is 10.6 Å². The highest BCUT2D eigenvalue weighted by molar-refractivity contribution is 6.07. The van der Waals surface area contributed by atoms with Crippen molar-refractivity contribution in [2.75, 3.05) is 5.32 Å². The molecule has 0 radical (unpaired) electrons. The number of rotatable bonds is 9. The van der Waals surface area contributed by atoms with E-state index in [0.717, 1.165) is 6.34 Å². The van der Waals surface area contributed by atoms with E-state index >= 15 is 0 Å². The van der Waals surface area contributed by atoms with E-state index in [1.807, 2.05) is 0 Å². The second-order valence-electron chi connectivity index (χ2n) is 7.18. The van der Waals surface area contributed by atoms with Crippen molar-refractivity contribution in [1.29, 1.82) is 0 Å². The number of benzene rings is 2. The Kier molecular flexibility index (Phi) is 8.92. The monoisotopic (exact) mass is 455 g/mol. The molecule has 0 fully saturated rings. The first-order chi connectivity index (χ1) is 15.7. The van der Waals surface area contributed by atoms with Crippen molar-refractivity contribution in [2.45, 2.75) is 32.4 Å². The van der Waals surface area contributed by atoms with Gasteiger partial charge < -0.3 is 31.6 Å². The Bertz CT molecular complexity index is 1040. The number of alkyl carbamates (subject to hydrolysis) is 1. The molecule has 6 N–H and O–H groups in total. The summed E-state index contributed by atoms with van der Waals surface area (Å²) in [5.74, 6) is 2.84. The first kappa shape index (κ1) is 24.9. The number of ether oxygens (including phenoxy) is 1. The van der Waals surface area contributed by atoms with E-state index in [1.54, 1.807) is 50.2 Å². The third kappa shape index (κ3) is 7.98. The molecule has 0 aliphatic carbocycles. The van der Waals surface area contributed by atoms with E-state index in [-0.39, 0.29) is 23.7 Å². The van der Waals surface area contributed by atoms with E-state index in [2.05, 4.69) is 21.1 Å². The zero-order chi connectivity index (χ0) is 24.4. The fourth-order valence-electron chi connectivity index (χ4n) is 2.73. The summed E-state index contributed by atoms with van der Waals surface area (Å²) in [6.45, 7) is 3.31. The average Bonchev–Trinajstić information content (AvgIpc) is 2.77. The quantitative estimate of drug-likeness (QED) is 0.166. The van der Waals surface area contributed by atoms with Crippen molar-refractivity contribution >= 4 is 35.9 Å². The predicted molar refractivity (Wildman–Crippen MR) is 121 cm³/mol. The van der Waals surface area contributed by atoms with Crippen LogP contribution in [0.1, 0.15) is 40.1 Å². The SMILES string of the molecule is CC(C)OC(=O)N[C@@H](Cc1ccc(NC(=O)c2cccc(C(=O)NC=NN)c2)cc1)C(=O)O. The minimum Gasteiger partial charge on any atom is -0.480 e. The normalized spacial score (nSPS) is 11.6. The first-order valence-electron chi connectivity index (χ1n) is 9.92. The van der Waals surface area contributed by atoms with Gasteiger partial charge >= 0.3 is 12.1 Å². The Labute approximate surface area is 190 Å². The molecule has 0 saturated carbocycles. The summed E-state index contributed by atoms with van der Waals surface area (Å²) in [6.07, 6.45) is -0.126. The number of carbonyl (C=O) groups excluding carboxylic acids is 3. The zero-order valence-electron chi connectivity index (χ0n) is 18.1. The smallest absolute Gasteiger partial charge is 0.408 e. The van der Waals surface area contributed by atoms with Crippen LogP contribution in [0, 0.1) is 0 Å². The summed E-state index contributed by atoms with van der Waals surface area (Å²) in [4.78, 5) is 47.7. The van der Waals surface area contributed by atoms with Crippen molar-refractivity contribution < 1.29 is 29.0 Å². The summed E-state index contributed by atoms with van der Waals surface area (Å²) < 4.78 is 4.92. The van der Waals surface area contributed by atoms with Gasteiger partial charge in [0.15, 0.2) is 0 Å². The molecule has 2 aromatic rings. The molecular formula is C22H25N5O6. The van der Waals surface area contributed by atoms with Gasteiger partial charge in [0.25, 0.3) is 11.8 Å². The van der Waals surface area contributed by atoms with Gasteiger partial charge in [-0.05, 0) is 49.7 Å². The van der Waals surface area contributed by atoms with Gasteiger partial charge in [0.05, 0.1) is 6.10 Å². The summed E-state index contributed by atoms with van der Waals surface area (Å²) in [7, 11) is 0. The number of amides is 3. The average molecular weight is 455 g/mol.